The van der Waals surface area contributed by atoms with Crippen LogP contribution in [0.15, 0.2) is 11.6 Å². The number of hydrogen-bond donors (Lipinski definition) is 1. The zero-order chi connectivity index (χ0) is 12.4. The van der Waals surface area contributed by atoms with Crippen LogP contribution in [0.2, 0.25) is 0 Å². The van der Waals surface area contributed by atoms with Gasteiger partial charge in [-0.05, 0) is 51.6 Å². The van der Waals surface area contributed by atoms with Gasteiger partial charge in [0, 0.05) is 24.2 Å². The summed E-state index contributed by atoms with van der Waals surface area (Å²) in [5.41, 5.74) is 0. The van der Waals surface area contributed by atoms with Crippen LogP contribution in [0.25, 0.3) is 0 Å². The zero-order valence-electron chi connectivity index (χ0n) is 11.1. The lowest BCUT2D eigenvalue weighted by atomic mass is 9.89. The second kappa shape index (κ2) is 5.68. The fourth-order valence-corrected chi connectivity index (χ4v) is 4.16. The zero-order valence-corrected chi connectivity index (χ0v) is 12.0. The third-order valence-corrected chi connectivity index (χ3v) is 5.46. The van der Waals surface area contributed by atoms with E-state index >= 15 is 0 Å². The van der Waals surface area contributed by atoms with Gasteiger partial charge in [0.05, 0.1) is 6.04 Å². The van der Waals surface area contributed by atoms with E-state index in [0.29, 0.717) is 6.04 Å². The summed E-state index contributed by atoms with van der Waals surface area (Å²) >= 11 is 1.79. The summed E-state index contributed by atoms with van der Waals surface area (Å²) in [5, 5.41) is 7.04. The Bertz CT molecular complexity index is 359. The number of likely N-dealkylation sites (tertiary alicyclic amines) is 1. The largest absolute Gasteiger partial charge is 0.314 e. The highest BCUT2D eigenvalue weighted by molar-refractivity contribution is 7.09. The predicted molar refractivity (Wildman–Crippen MR) is 75.9 cm³/mol. The summed E-state index contributed by atoms with van der Waals surface area (Å²) < 4.78 is 0. The van der Waals surface area contributed by atoms with E-state index in [1.165, 1.54) is 50.3 Å². The number of nitrogens with one attached hydrogen (secondary N) is 1. The molecule has 3 rings (SSSR count). The standard InChI is InChI=1S/C14H23N3S/c1-11(14-16-7-9-18-14)17-8-3-4-12(10-17)13-5-2-6-15-13/h7,9,11-13,15H,2-6,8,10H2,1H3. The fraction of sp³-hybridized carbons (Fsp3) is 0.786. The summed E-state index contributed by atoms with van der Waals surface area (Å²) in [6.45, 7) is 6.02. The van der Waals surface area contributed by atoms with Crippen molar-refractivity contribution in [1.82, 2.24) is 15.2 Å². The van der Waals surface area contributed by atoms with Crippen molar-refractivity contribution in [3.63, 3.8) is 0 Å². The first-order chi connectivity index (χ1) is 8.84. The molecule has 2 aliphatic heterocycles. The molecule has 18 heavy (non-hydrogen) atoms. The van der Waals surface area contributed by atoms with Crippen LogP contribution >= 0.6 is 11.3 Å². The van der Waals surface area contributed by atoms with Gasteiger partial charge in [-0.1, -0.05) is 0 Å². The molecule has 1 N–H and O–H groups in total. The van der Waals surface area contributed by atoms with Gasteiger partial charge in [-0.15, -0.1) is 11.3 Å². The van der Waals surface area contributed by atoms with Crippen molar-refractivity contribution in [3.8, 4) is 0 Å². The molecule has 3 heterocycles. The van der Waals surface area contributed by atoms with Crippen LogP contribution in [0.3, 0.4) is 0 Å². The number of hydrogen-bond acceptors (Lipinski definition) is 4. The van der Waals surface area contributed by atoms with Gasteiger partial charge in [-0.25, -0.2) is 4.98 Å². The molecule has 0 aliphatic carbocycles. The molecule has 0 saturated carbocycles. The Morgan fingerprint density at radius 3 is 3.11 bits per heavy atom. The third-order valence-electron chi connectivity index (χ3n) is 4.51. The van der Waals surface area contributed by atoms with E-state index in [4.69, 9.17) is 0 Å². The van der Waals surface area contributed by atoms with Crippen molar-refractivity contribution >= 4 is 11.3 Å². The highest BCUT2D eigenvalue weighted by atomic mass is 32.1. The van der Waals surface area contributed by atoms with Crippen LogP contribution in [-0.2, 0) is 0 Å². The Morgan fingerprint density at radius 2 is 2.39 bits per heavy atom. The number of rotatable bonds is 3. The smallest absolute Gasteiger partial charge is 0.109 e. The van der Waals surface area contributed by atoms with Crippen LogP contribution in [0.4, 0.5) is 0 Å². The van der Waals surface area contributed by atoms with Gasteiger partial charge in [-0.2, -0.15) is 0 Å². The minimum Gasteiger partial charge on any atom is -0.314 e. The van der Waals surface area contributed by atoms with Gasteiger partial charge in [0.2, 0.25) is 0 Å². The minimum absolute atomic E-state index is 0.495. The highest BCUT2D eigenvalue weighted by Crippen LogP contribution is 2.30. The first-order valence-corrected chi connectivity index (χ1v) is 8.09. The van der Waals surface area contributed by atoms with Crippen molar-refractivity contribution in [1.29, 1.82) is 0 Å². The first-order valence-electron chi connectivity index (χ1n) is 7.21. The number of thiazole rings is 1. The van der Waals surface area contributed by atoms with E-state index in [1.807, 2.05) is 6.20 Å². The number of piperidine rings is 1. The second-order valence-electron chi connectivity index (χ2n) is 5.65. The van der Waals surface area contributed by atoms with Gasteiger partial charge in [0.25, 0.3) is 0 Å². The molecule has 2 aliphatic rings. The van der Waals surface area contributed by atoms with E-state index in [-0.39, 0.29) is 0 Å². The van der Waals surface area contributed by atoms with E-state index < -0.39 is 0 Å². The lowest BCUT2D eigenvalue weighted by molar-refractivity contribution is 0.114. The Morgan fingerprint density at radius 1 is 1.44 bits per heavy atom. The summed E-state index contributed by atoms with van der Waals surface area (Å²) in [5.74, 6) is 0.851. The topological polar surface area (TPSA) is 28.2 Å². The lowest BCUT2D eigenvalue weighted by Gasteiger charge is -2.38. The molecule has 0 spiro atoms. The lowest BCUT2D eigenvalue weighted by Crippen LogP contribution is -2.44. The number of aromatic nitrogens is 1. The van der Waals surface area contributed by atoms with Crippen molar-refractivity contribution < 1.29 is 0 Å². The maximum atomic E-state index is 4.48. The molecule has 0 radical (unpaired) electrons. The van der Waals surface area contributed by atoms with Crippen molar-refractivity contribution in [2.24, 2.45) is 5.92 Å². The minimum atomic E-state index is 0.495. The van der Waals surface area contributed by atoms with Gasteiger partial charge < -0.3 is 5.32 Å². The van der Waals surface area contributed by atoms with Crippen LogP contribution in [0, 0.1) is 5.92 Å². The Balaban J connectivity index is 1.62. The monoisotopic (exact) mass is 265 g/mol. The molecule has 3 atom stereocenters. The van der Waals surface area contributed by atoms with Crippen molar-refractivity contribution in [2.75, 3.05) is 19.6 Å². The molecule has 1 aromatic heterocycles. The maximum Gasteiger partial charge on any atom is 0.109 e. The van der Waals surface area contributed by atoms with Crippen LogP contribution in [-0.4, -0.2) is 35.6 Å². The van der Waals surface area contributed by atoms with Gasteiger partial charge in [-0.3, -0.25) is 4.90 Å². The van der Waals surface area contributed by atoms with Crippen molar-refractivity contribution in [3.05, 3.63) is 16.6 Å². The molecule has 0 amide bonds. The number of nitrogens with zero attached hydrogens (tertiary/aromatic N) is 2. The quantitative estimate of drug-likeness (QED) is 0.911. The fourth-order valence-electron chi connectivity index (χ4n) is 3.43. The molecule has 2 fully saturated rings. The summed E-state index contributed by atoms with van der Waals surface area (Å²) in [6, 6.07) is 1.27. The normalized spacial score (nSPS) is 31.6. The molecular weight excluding hydrogens is 242 g/mol. The van der Waals surface area contributed by atoms with E-state index in [1.54, 1.807) is 11.3 Å². The summed E-state index contributed by atoms with van der Waals surface area (Å²) in [4.78, 5) is 7.11. The molecule has 0 aromatic carbocycles. The Labute approximate surface area is 114 Å². The van der Waals surface area contributed by atoms with Crippen molar-refractivity contribution in [2.45, 2.75) is 44.7 Å². The Hall–Kier alpha value is -0.450. The highest BCUT2D eigenvalue weighted by Gasteiger charge is 2.31. The summed E-state index contributed by atoms with van der Waals surface area (Å²) in [6.07, 6.45) is 7.42. The van der Waals surface area contributed by atoms with Crippen LogP contribution in [0.5, 0.6) is 0 Å². The predicted octanol–water partition coefficient (Wildman–Crippen LogP) is 2.67. The molecular formula is C14H23N3S. The first kappa shape index (κ1) is 12.6. The van der Waals surface area contributed by atoms with E-state index in [0.717, 1.165) is 12.0 Å². The molecule has 3 unspecified atom stereocenters. The van der Waals surface area contributed by atoms with Gasteiger partial charge in [0.1, 0.15) is 5.01 Å². The van der Waals surface area contributed by atoms with Gasteiger partial charge in [0.15, 0.2) is 0 Å². The molecule has 1 aromatic rings. The van der Waals surface area contributed by atoms with Crippen LogP contribution in [0.1, 0.15) is 43.7 Å². The Kier molecular flexibility index (Phi) is 3.97. The average molecular weight is 265 g/mol. The van der Waals surface area contributed by atoms with E-state index in [9.17, 15) is 0 Å². The average Bonchev–Trinajstić information content (AvgIpc) is 3.11. The third kappa shape index (κ3) is 2.60. The van der Waals surface area contributed by atoms with Gasteiger partial charge >= 0.3 is 0 Å². The molecule has 2 saturated heterocycles. The van der Waals surface area contributed by atoms with Crippen LogP contribution < -0.4 is 5.32 Å². The SMILES string of the molecule is CC(c1nccs1)N1CCCC(C2CCCN2)C1. The van der Waals surface area contributed by atoms with E-state index in [2.05, 4.69) is 27.5 Å². The molecule has 0 bridgehead atoms. The molecule has 100 valence electrons. The second-order valence-corrected chi connectivity index (χ2v) is 6.57. The molecule has 4 heteroatoms. The summed E-state index contributed by atoms with van der Waals surface area (Å²) in [7, 11) is 0. The maximum absolute atomic E-state index is 4.48. The molecule has 3 nitrogen and oxygen atoms in total.